The van der Waals surface area contributed by atoms with Gasteiger partial charge in [0.15, 0.2) is 0 Å². The van der Waals surface area contributed by atoms with E-state index in [4.69, 9.17) is 5.10 Å². The number of tetrazole rings is 1. The first-order valence-corrected chi connectivity index (χ1v) is 10.4. The molecule has 1 N–H and O–H groups in total. The van der Waals surface area contributed by atoms with Gasteiger partial charge < -0.3 is 5.32 Å². The number of amides is 1. The number of hydrogen-bond donors (Lipinski definition) is 1. The van der Waals surface area contributed by atoms with Crippen molar-refractivity contribution < 1.29 is 4.79 Å². The van der Waals surface area contributed by atoms with E-state index in [-0.39, 0.29) is 11.7 Å². The van der Waals surface area contributed by atoms with Crippen LogP contribution in [0.3, 0.4) is 0 Å². The number of para-hydroxylation sites is 1. The number of aryl methyl sites for hydroxylation is 3. The van der Waals surface area contributed by atoms with E-state index in [2.05, 4.69) is 52.9 Å². The zero-order chi connectivity index (χ0) is 21.1. The van der Waals surface area contributed by atoms with Crippen LogP contribution in [0.4, 0.5) is 5.82 Å². The van der Waals surface area contributed by atoms with Crippen LogP contribution in [-0.4, -0.2) is 41.6 Å². The van der Waals surface area contributed by atoms with Gasteiger partial charge in [-0.2, -0.15) is 5.10 Å². The molecule has 2 heterocycles. The number of thioether (sulfide) groups is 1. The minimum absolute atomic E-state index is 0.160. The highest BCUT2D eigenvalue weighted by Gasteiger charge is 2.15. The molecule has 1 amide bonds. The summed E-state index contributed by atoms with van der Waals surface area (Å²) in [6, 6.07) is 17.9. The summed E-state index contributed by atoms with van der Waals surface area (Å²) in [5.74, 6) is 0.636. The van der Waals surface area contributed by atoms with Crippen LogP contribution in [0.15, 0.2) is 59.8 Å². The van der Waals surface area contributed by atoms with E-state index in [0.29, 0.717) is 11.0 Å². The molecule has 0 spiro atoms. The molecule has 0 saturated carbocycles. The Morgan fingerprint density at radius 2 is 1.80 bits per heavy atom. The van der Waals surface area contributed by atoms with Crippen LogP contribution in [0.2, 0.25) is 0 Å². The Balaban J connectivity index is 1.62. The van der Waals surface area contributed by atoms with E-state index >= 15 is 0 Å². The number of nitrogens with zero attached hydrogens (tertiary/aromatic N) is 6. The lowest BCUT2D eigenvalue weighted by Crippen LogP contribution is -2.17. The molecule has 0 saturated heterocycles. The largest absolute Gasteiger partial charge is 0.310 e. The molecule has 0 aliphatic heterocycles. The summed E-state index contributed by atoms with van der Waals surface area (Å²) in [7, 11) is 1.74. The van der Waals surface area contributed by atoms with Crippen LogP contribution in [0.1, 0.15) is 11.1 Å². The maximum Gasteiger partial charge on any atom is 0.236 e. The lowest BCUT2D eigenvalue weighted by atomic mass is 10.1. The summed E-state index contributed by atoms with van der Waals surface area (Å²) in [6.45, 7) is 4.12. The molecule has 4 aromatic rings. The molecule has 152 valence electrons. The first-order chi connectivity index (χ1) is 14.5. The van der Waals surface area contributed by atoms with E-state index in [1.54, 1.807) is 11.7 Å². The highest BCUT2D eigenvalue weighted by atomic mass is 32.2. The first-order valence-electron chi connectivity index (χ1n) is 9.39. The number of aromatic nitrogens is 6. The quantitative estimate of drug-likeness (QED) is 0.482. The molecule has 0 fully saturated rings. The summed E-state index contributed by atoms with van der Waals surface area (Å²) in [5.41, 5.74) is 5.01. The van der Waals surface area contributed by atoms with Gasteiger partial charge in [-0.15, -0.1) is 5.10 Å². The van der Waals surface area contributed by atoms with Crippen molar-refractivity contribution in [3.8, 4) is 16.9 Å². The summed E-state index contributed by atoms with van der Waals surface area (Å²) in [6.07, 6.45) is 0. The van der Waals surface area contributed by atoms with Gasteiger partial charge in [0.05, 0.1) is 17.1 Å². The van der Waals surface area contributed by atoms with Crippen molar-refractivity contribution in [3.05, 3.63) is 65.7 Å². The Morgan fingerprint density at radius 3 is 2.47 bits per heavy atom. The molecule has 8 nitrogen and oxygen atoms in total. The minimum atomic E-state index is -0.160. The van der Waals surface area contributed by atoms with Gasteiger partial charge in [-0.25, -0.2) is 9.36 Å². The van der Waals surface area contributed by atoms with Gasteiger partial charge in [-0.3, -0.25) is 4.79 Å². The van der Waals surface area contributed by atoms with Gasteiger partial charge >= 0.3 is 0 Å². The molecule has 4 rings (SSSR count). The van der Waals surface area contributed by atoms with Crippen LogP contribution >= 0.6 is 11.8 Å². The number of benzene rings is 2. The third kappa shape index (κ3) is 4.41. The van der Waals surface area contributed by atoms with Crippen LogP contribution in [-0.2, 0) is 11.8 Å². The monoisotopic (exact) mass is 419 g/mol. The van der Waals surface area contributed by atoms with Crippen molar-refractivity contribution in [2.75, 3.05) is 11.1 Å². The normalized spacial score (nSPS) is 10.9. The van der Waals surface area contributed by atoms with Gasteiger partial charge in [-0.05, 0) is 48.5 Å². The second-order valence-corrected chi connectivity index (χ2v) is 7.90. The molecular weight excluding hydrogens is 398 g/mol. The predicted octanol–water partition coefficient (Wildman–Crippen LogP) is 3.41. The van der Waals surface area contributed by atoms with E-state index in [1.165, 1.54) is 27.6 Å². The van der Waals surface area contributed by atoms with Crippen LogP contribution in [0.25, 0.3) is 16.9 Å². The van der Waals surface area contributed by atoms with Crippen molar-refractivity contribution in [1.82, 2.24) is 30.0 Å². The molecule has 0 bridgehead atoms. The zero-order valence-corrected chi connectivity index (χ0v) is 17.7. The molecule has 0 radical (unpaired) electrons. The lowest BCUT2D eigenvalue weighted by molar-refractivity contribution is -0.113. The second kappa shape index (κ2) is 8.50. The Kier molecular flexibility index (Phi) is 5.62. The topological polar surface area (TPSA) is 90.5 Å². The summed E-state index contributed by atoms with van der Waals surface area (Å²) >= 11 is 1.27. The fraction of sp³-hybridized carbons (Fsp3) is 0.190. The third-order valence-electron chi connectivity index (χ3n) is 4.41. The number of nitrogens with one attached hydrogen (secondary N) is 1. The maximum absolute atomic E-state index is 12.6. The molecular formula is C21H21N7OS. The van der Waals surface area contributed by atoms with Gasteiger partial charge in [0, 0.05) is 18.7 Å². The number of carbonyl (C=O) groups is 1. The summed E-state index contributed by atoms with van der Waals surface area (Å²) in [5, 5.41) is 19.6. The maximum atomic E-state index is 12.6. The molecule has 0 aliphatic carbocycles. The van der Waals surface area contributed by atoms with Crippen molar-refractivity contribution in [3.63, 3.8) is 0 Å². The van der Waals surface area contributed by atoms with Crippen molar-refractivity contribution in [1.29, 1.82) is 0 Å². The average molecular weight is 420 g/mol. The van der Waals surface area contributed by atoms with E-state index in [0.717, 1.165) is 16.9 Å². The third-order valence-corrected chi connectivity index (χ3v) is 5.42. The molecule has 0 unspecified atom stereocenters. The van der Waals surface area contributed by atoms with Crippen molar-refractivity contribution in [2.24, 2.45) is 7.05 Å². The summed E-state index contributed by atoms with van der Waals surface area (Å²) in [4.78, 5) is 12.6. The highest BCUT2D eigenvalue weighted by molar-refractivity contribution is 7.99. The van der Waals surface area contributed by atoms with Gasteiger partial charge in [0.1, 0.15) is 5.82 Å². The second-order valence-electron chi connectivity index (χ2n) is 6.96. The van der Waals surface area contributed by atoms with E-state index < -0.39 is 0 Å². The standard InChI is InChI=1S/C21H21N7OS/c1-14-9-15(2)11-16(10-14)18-12-19(28(24-18)17-7-5-4-6-8-17)22-20(29)13-30-21-23-25-26-27(21)3/h4-12H,13H2,1-3H3,(H,22,29). The lowest BCUT2D eigenvalue weighted by Gasteiger charge is -2.08. The smallest absolute Gasteiger partial charge is 0.236 e. The van der Waals surface area contributed by atoms with Crippen molar-refractivity contribution >= 4 is 23.5 Å². The first kappa shape index (κ1) is 19.8. The average Bonchev–Trinajstić information content (AvgIpc) is 3.32. The van der Waals surface area contributed by atoms with Crippen LogP contribution in [0.5, 0.6) is 0 Å². The van der Waals surface area contributed by atoms with Crippen LogP contribution < -0.4 is 5.32 Å². The molecule has 2 aromatic carbocycles. The molecule has 0 aliphatic rings. The Labute approximate surface area is 178 Å². The van der Waals surface area contributed by atoms with Gasteiger partial charge in [0.2, 0.25) is 11.1 Å². The fourth-order valence-electron chi connectivity index (χ4n) is 3.15. The number of carbonyl (C=O) groups excluding carboxylic acids is 1. The number of hydrogen-bond acceptors (Lipinski definition) is 6. The van der Waals surface area contributed by atoms with Gasteiger partial charge in [0.25, 0.3) is 0 Å². The molecule has 0 atom stereocenters. The van der Waals surface area contributed by atoms with E-state index in [1.807, 2.05) is 36.4 Å². The van der Waals surface area contributed by atoms with Crippen molar-refractivity contribution in [2.45, 2.75) is 19.0 Å². The van der Waals surface area contributed by atoms with E-state index in [9.17, 15) is 4.79 Å². The van der Waals surface area contributed by atoms with Crippen LogP contribution in [0, 0.1) is 13.8 Å². The highest BCUT2D eigenvalue weighted by Crippen LogP contribution is 2.27. The minimum Gasteiger partial charge on any atom is -0.310 e. The Morgan fingerprint density at radius 1 is 1.07 bits per heavy atom. The SMILES string of the molecule is Cc1cc(C)cc(-c2cc(NC(=O)CSc3nnnn3C)n(-c3ccccc3)n2)c1. The van der Waals surface area contributed by atoms with Gasteiger partial charge in [-0.1, -0.05) is 47.2 Å². The zero-order valence-electron chi connectivity index (χ0n) is 16.9. The molecule has 9 heteroatoms. The molecule has 30 heavy (non-hydrogen) atoms. The predicted molar refractivity (Wildman–Crippen MR) is 117 cm³/mol. The molecule has 2 aromatic heterocycles. The summed E-state index contributed by atoms with van der Waals surface area (Å²) < 4.78 is 3.28. The fourth-order valence-corrected chi connectivity index (χ4v) is 3.80. The number of rotatable bonds is 6. The Bertz CT molecular complexity index is 1160. The number of anilines is 1. The Hall–Kier alpha value is -3.46.